The van der Waals surface area contributed by atoms with Crippen LogP contribution >= 0.6 is 0 Å². The Labute approximate surface area is 108 Å². The van der Waals surface area contributed by atoms with Crippen LogP contribution in [-0.2, 0) is 14.6 Å². The van der Waals surface area contributed by atoms with Crippen molar-refractivity contribution in [3.05, 3.63) is 11.8 Å². The van der Waals surface area contributed by atoms with Gasteiger partial charge in [0.15, 0.2) is 0 Å². The highest BCUT2D eigenvalue weighted by molar-refractivity contribution is 7.90. The lowest BCUT2D eigenvalue weighted by Crippen LogP contribution is -2.12. The molecule has 18 heavy (non-hydrogen) atoms. The summed E-state index contributed by atoms with van der Waals surface area (Å²) in [7, 11) is -1.88. The fraction of sp³-hybridized carbons (Fsp3) is 0.636. The summed E-state index contributed by atoms with van der Waals surface area (Å²) in [5.74, 6) is 0.506. The largest absolute Gasteiger partial charge is 0.375 e. The maximum absolute atomic E-state index is 11.5. The van der Waals surface area contributed by atoms with Gasteiger partial charge in [-0.05, 0) is 13.3 Å². The minimum atomic E-state index is -3.43. The van der Waals surface area contributed by atoms with Crippen molar-refractivity contribution in [2.75, 3.05) is 25.2 Å². The third-order valence-corrected chi connectivity index (χ3v) is 3.23. The molecule has 1 rings (SSSR count). The minimum absolute atomic E-state index is 0.178. The number of nitrogens with zero attached hydrogens (tertiary/aromatic N) is 2. The summed E-state index contributed by atoms with van der Waals surface area (Å²) < 4.78 is 28.2. The van der Waals surface area contributed by atoms with Crippen molar-refractivity contribution < 1.29 is 13.2 Å². The average Bonchev–Trinajstić information content (AvgIpc) is 2.33. The third-order valence-electron chi connectivity index (χ3n) is 2.38. The molecule has 1 aromatic heterocycles. The van der Waals surface area contributed by atoms with Crippen molar-refractivity contribution in [1.82, 2.24) is 9.97 Å². The molecule has 7 heteroatoms. The van der Waals surface area contributed by atoms with Crippen LogP contribution in [0.2, 0.25) is 0 Å². The first-order chi connectivity index (χ1) is 8.38. The third kappa shape index (κ3) is 3.92. The summed E-state index contributed by atoms with van der Waals surface area (Å²) in [6.07, 6.45) is 1.73. The normalized spacial score (nSPS) is 13.3. The second-order valence-corrected chi connectivity index (χ2v) is 5.95. The molecule has 0 aliphatic heterocycles. The molecule has 1 heterocycles. The SMILES string of the molecule is CCCNc1cc(C(C)OC)nc(S(C)(=O)=O)n1. The molecule has 1 N–H and O–H groups in total. The number of methoxy groups -OCH3 is 1. The maximum Gasteiger partial charge on any atom is 0.249 e. The van der Waals surface area contributed by atoms with Crippen molar-refractivity contribution in [2.45, 2.75) is 31.5 Å². The lowest BCUT2D eigenvalue weighted by Gasteiger charge is -2.12. The van der Waals surface area contributed by atoms with Gasteiger partial charge in [-0.25, -0.2) is 18.4 Å². The van der Waals surface area contributed by atoms with Crippen LogP contribution in [0.4, 0.5) is 5.82 Å². The fourth-order valence-corrected chi connectivity index (χ4v) is 1.82. The average molecular weight is 273 g/mol. The summed E-state index contributed by atoms with van der Waals surface area (Å²) in [6.45, 7) is 4.55. The van der Waals surface area contributed by atoms with E-state index in [1.54, 1.807) is 20.1 Å². The molecule has 0 aliphatic carbocycles. The van der Waals surface area contributed by atoms with Crippen LogP contribution in [0.1, 0.15) is 32.1 Å². The van der Waals surface area contributed by atoms with Gasteiger partial charge in [-0.2, -0.15) is 0 Å². The Bertz CT molecular complexity index is 502. The van der Waals surface area contributed by atoms with E-state index < -0.39 is 9.84 Å². The standard InChI is InChI=1S/C11H19N3O3S/c1-5-6-12-10-7-9(8(2)17-3)13-11(14-10)18(4,15)16/h7-8H,5-6H2,1-4H3,(H,12,13,14). The molecule has 0 bridgehead atoms. The van der Waals surface area contributed by atoms with E-state index in [4.69, 9.17) is 4.74 Å². The van der Waals surface area contributed by atoms with Crippen LogP contribution in [0, 0.1) is 0 Å². The highest BCUT2D eigenvalue weighted by atomic mass is 32.2. The van der Waals surface area contributed by atoms with Crippen LogP contribution in [0.3, 0.4) is 0 Å². The van der Waals surface area contributed by atoms with Gasteiger partial charge < -0.3 is 10.1 Å². The van der Waals surface area contributed by atoms with Gasteiger partial charge in [-0.1, -0.05) is 6.92 Å². The Morgan fingerprint density at radius 3 is 2.61 bits per heavy atom. The van der Waals surface area contributed by atoms with Gasteiger partial charge in [-0.15, -0.1) is 0 Å². The van der Waals surface area contributed by atoms with Crippen LogP contribution in [0.25, 0.3) is 0 Å². The van der Waals surface area contributed by atoms with Gasteiger partial charge >= 0.3 is 0 Å². The summed E-state index contributed by atoms with van der Waals surface area (Å²) in [6, 6.07) is 1.71. The molecular weight excluding hydrogens is 254 g/mol. The first kappa shape index (κ1) is 14.8. The summed E-state index contributed by atoms with van der Waals surface area (Å²) in [4.78, 5) is 8.01. The Kier molecular flexibility index (Phi) is 5.03. The molecule has 102 valence electrons. The zero-order chi connectivity index (χ0) is 13.8. The van der Waals surface area contributed by atoms with Gasteiger partial charge in [0.05, 0.1) is 11.8 Å². The molecule has 0 amide bonds. The monoisotopic (exact) mass is 273 g/mol. The summed E-state index contributed by atoms with van der Waals surface area (Å²) in [5, 5.41) is 2.88. The lowest BCUT2D eigenvalue weighted by atomic mass is 10.2. The summed E-state index contributed by atoms with van der Waals surface area (Å²) >= 11 is 0. The predicted octanol–water partition coefficient (Wildman–Crippen LogP) is 1.41. The van der Waals surface area contributed by atoms with Crippen LogP contribution in [0.5, 0.6) is 0 Å². The highest BCUT2D eigenvalue weighted by Gasteiger charge is 2.16. The van der Waals surface area contributed by atoms with Gasteiger partial charge in [0.25, 0.3) is 0 Å². The topological polar surface area (TPSA) is 81.2 Å². The van der Waals surface area contributed by atoms with E-state index in [1.165, 1.54) is 0 Å². The number of nitrogens with one attached hydrogen (secondary N) is 1. The molecule has 0 aliphatic rings. The Balaban J connectivity index is 3.20. The van der Waals surface area contributed by atoms with E-state index in [0.29, 0.717) is 11.5 Å². The van der Waals surface area contributed by atoms with Crippen LogP contribution in [0.15, 0.2) is 11.2 Å². The first-order valence-corrected chi connectivity index (χ1v) is 7.63. The molecule has 0 saturated carbocycles. The summed E-state index contributed by atoms with van der Waals surface area (Å²) in [5.41, 5.74) is 0.548. The zero-order valence-electron chi connectivity index (χ0n) is 11.1. The molecule has 0 fully saturated rings. The molecule has 0 saturated heterocycles. The second-order valence-electron chi connectivity index (χ2n) is 4.04. The fourth-order valence-electron chi connectivity index (χ4n) is 1.28. The van der Waals surface area contributed by atoms with Crippen molar-refractivity contribution in [1.29, 1.82) is 0 Å². The maximum atomic E-state index is 11.5. The molecule has 1 aromatic rings. The Hall–Kier alpha value is -1.21. The smallest absolute Gasteiger partial charge is 0.249 e. The minimum Gasteiger partial charge on any atom is -0.375 e. The second kappa shape index (κ2) is 6.10. The number of rotatable bonds is 6. The predicted molar refractivity (Wildman–Crippen MR) is 69.3 cm³/mol. The Morgan fingerprint density at radius 2 is 2.11 bits per heavy atom. The number of hydrogen-bond acceptors (Lipinski definition) is 6. The van der Waals surface area contributed by atoms with E-state index >= 15 is 0 Å². The molecule has 6 nitrogen and oxygen atoms in total. The molecule has 1 atom stereocenters. The van der Waals surface area contributed by atoms with E-state index in [2.05, 4.69) is 15.3 Å². The Morgan fingerprint density at radius 1 is 1.44 bits per heavy atom. The number of aromatic nitrogens is 2. The van der Waals surface area contributed by atoms with Crippen LogP contribution < -0.4 is 5.32 Å². The molecule has 1 unspecified atom stereocenters. The van der Waals surface area contributed by atoms with Crippen LogP contribution in [-0.4, -0.2) is 38.3 Å². The van der Waals surface area contributed by atoms with Crippen molar-refractivity contribution in [3.63, 3.8) is 0 Å². The van der Waals surface area contributed by atoms with Crippen molar-refractivity contribution in [3.8, 4) is 0 Å². The zero-order valence-corrected chi connectivity index (χ0v) is 11.9. The molecule has 0 radical (unpaired) electrons. The first-order valence-electron chi connectivity index (χ1n) is 5.74. The highest BCUT2D eigenvalue weighted by Crippen LogP contribution is 2.18. The van der Waals surface area contributed by atoms with Gasteiger partial charge in [0.2, 0.25) is 15.0 Å². The van der Waals surface area contributed by atoms with E-state index in [1.807, 2.05) is 6.92 Å². The van der Waals surface area contributed by atoms with Gasteiger partial charge in [0.1, 0.15) is 5.82 Å². The molecule has 0 spiro atoms. The number of hydrogen-bond donors (Lipinski definition) is 1. The molecule has 0 aromatic carbocycles. The van der Waals surface area contributed by atoms with Gasteiger partial charge in [-0.3, -0.25) is 0 Å². The lowest BCUT2D eigenvalue weighted by molar-refractivity contribution is 0.115. The number of ether oxygens (including phenoxy) is 1. The quantitative estimate of drug-likeness (QED) is 0.789. The number of sulfone groups is 1. The van der Waals surface area contributed by atoms with E-state index in [0.717, 1.165) is 19.2 Å². The van der Waals surface area contributed by atoms with E-state index in [9.17, 15) is 8.42 Å². The molecular formula is C11H19N3O3S. The van der Waals surface area contributed by atoms with Crippen molar-refractivity contribution in [2.24, 2.45) is 0 Å². The van der Waals surface area contributed by atoms with Gasteiger partial charge in [0, 0.05) is 26.0 Å². The van der Waals surface area contributed by atoms with E-state index in [-0.39, 0.29) is 11.3 Å². The van der Waals surface area contributed by atoms with Crippen molar-refractivity contribution >= 4 is 15.7 Å². The number of anilines is 1.